The SMILES string of the molecule is CC(C)C(C(C)O)N1C(=O)C=CC1=O. The van der Waals surface area contributed by atoms with Gasteiger partial charge < -0.3 is 5.11 Å². The maximum Gasteiger partial charge on any atom is 0.253 e. The van der Waals surface area contributed by atoms with Gasteiger partial charge in [0.2, 0.25) is 0 Å². The van der Waals surface area contributed by atoms with Crippen molar-refractivity contribution in [3.8, 4) is 0 Å². The number of rotatable bonds is 3. The van der Waals surface area contributed by atoms with Gasteiger partial charge in [-0.25, -0.2) is 0 Å². The Labute approximate surface area is 83.2 Å². The molecule has 1 heterocycles. The molecule has 1 N–H and O–H groups in total. The van der Waals surface area contributed by atoms with Crippen LogP contribution in [0.3, 0.4) is 0 Å². The van der Waals surface area contributed by atoms with Crippen molar-refractivity contribution in [2.24, 2.45) is 5.92 Å². The van der Waals surface area contributed by atoms with Gasteiger partial charge in [0.1, 0.15) is 0 Å². The summed E-state index contributed by atoms with van der Waals surface area (Å²) in [6, 6.07) is -0.440. The molecule has 0 aromatic rings. The third-order valence-electron chi connectivity index (χ3n) is 2.32. The Morgan fingerprint density at radius 1 is 1.14 bits per heavy atom. The van der Waals surface area contributed by atoms with Crippen LogP contribution >= 0.6 is 0 Å². The summed E-state index contributed by atoms with van der Waals surface area (Å²) in [6.07, 6.45) is 1.77. The molecule has 2 amide bonds. The highest BCUT2D eigenvalue weighted by molar-refractivity contribution is 6.13. The van der Waals surface area contributed by atoms with E-state index in [9.17, 15) is 14.7 Å². The van der Waals surface area contributed by atoms with Crippen molar-refractivity contribution in [3.05, 3.63) is 12.2 Å². The second-order valence-corrected chi connectivity index (χ2v) is 3.86. The topological polar surface area (TPSA) is 57.6 Å². The van der Waals surface area contributed by atoms with E-state index in [-0.39, 0.29) is 17.7 Å². The van der Waals surface area contributed by atoms with Gasteiger partial charge in [-0.15, -0.1) is 0 Å². The Hall–Kier alpha value is -1.16. The number of aliphatic hydroxyl groups is 1. The quantitative estimate of drug-likeness (QED) is 0.663. The van der Waals surface area contributed by atoms with E-state index in [1.54, 1.807) is 6.92 Å². The van der Waals surface area contributed by atoms with E-state index in [4.69, 9.17) is 0 Å². The van der Waals surface area contributed by atoms with Crippen LogP contribution in [0.2, 0.25) is 0 Å². The Balaban J connectivity index is 2.89. The summed E-state index contributed by atoms with van der Waals surface area (Å²) in [5.41, 5.74) is 0. The van der Waals surface area contributed by atoms with Gasteiger partial charge in [-0.1, -0.05) is 13.8 Å². The maximum atomic E-state index is 11.3. The Morgan fingerprint density at radius 3 is 1.86 bits per heavy atom. The number of carbonyl (C=O) groups excluding carboxylic acids is 2. The van der Waals surface area contributed by atoms with Gasteiger partial charge in [-0.3, -0.25) is 14.5 Å². The Kier molecular flexibility index (Phi) is 3.06. The van der Waals surface area contributed by atoms with E-state index >= 15 is 0 Å². The predicted molar refractivity (Wildman–Crippen MR) is 51.3 cm³/mol. The van der Waals surface area contributed by atoms with Crippen molar-refractivity contribution in [1.29, 1.82) is 0 Å². The fourth-order valence-corrected chi connectivity index (χ4v) is 1.78. The molecule has 0 spiro atoms. The summed E-state index contributed by atoms with van der Waals surface area (Å²) in [6.45, 7) is 5.33. The van der Waals surface area contributed by atoms with Gasteiger partial charge in [0.05, 0.1) is 12.1 Å². The van der Waals surface area contributed by atoms with E-state index < -0.39 is 12.1 Å². The third kappa shape index (κ3) is 1.85. The summed E-state index contributed by atoms with van der Waals surface area (Å²) in [5, 5.41) is 9.50. The minimum absolute atomic E-state index is 0.0443. The lowest BCUT2D eigenvalue weighted by Gasteiger charge is -2.31. The highest BCUT2D eigenvalue weighted by atomic mass is 16.3. The van der Waals surface area contributed by atoms with Crippen LogP contribution in [0.5, 0.6) is 0 Å². The molecule has 1 aliphatic heterocycles. The molecule has 0 saturated carbocycles. The molecular formula is C10H15NO3. The van der Waals surface area contributed by atoms with E-state index in [0.717, 1.165) is 4.90 Å². The molecule has 1 aliphatic rings. The van der Waals surface area contributed by atoms with Crippen LogP contribution < -0.4 is 0 Å². The minimum Gasteiger partial charge on any atom is -0.391 e. The molecule has 2 atom stereocenters. The summed E-state index contributed by atoms with van der Waals surface area (Å²) >= 11 is 0. The molecule has 0 radical (unpaired) electrons. The standard InChI is InChI=1S/C10H15NO3/c1-6(2)10(7(3)12)11-8(13)4-5-9(11)14/h4-7,10,12H,1-3H3. The first-order valence-electron chi connectivity index (χ1n) is 4.68. The summed E-state index contributed by atoms with van der Waals surface area (Å²) < 4.78 is 0. The number of aliphatic hydroxyl groups excluding tert-OH is 1. The molecule has 0 aromatic carbocycles. The largest absolute Gasteiger partial charge is 0.391 e. The molecule has 78 valence electrons. The van der Waals surface area contributed by atoms with Crippen molar-refractivity contribution in [2.45, 2.75) is 32.9 Å². The van der Waals surface area contributed by atoms with Crippen LogP contribution in [0, 0.1) is 5.92 Å². The van der Waals surface area contributed by atoms with Crippen LogP contribution in [0.4, 0.5) is 0 Å². The van der Waals surface area contributed by atoms with Crippen LogP contribution in [0.15, 0.2) is 12.2 Å². The molecule has 0 aromatic heterocycles. The zero-order valence-corrected chi connectivity index (χ0v) is 8.60. The minimum atomic E-state index is -0.706. The molecule has 0 fully saturated rings. The summed E-state index contributed by atoms with van der Waals surface area (Å²) in [5.74, 6) is -0.632. The number of imide groups is 1. The zero-order valence-electron chi connectivity index (χ0n) is 8.60. The zero-order chi connectivity index (χ0) is 10.9. The fraction of sp³-hybridized carbons (Fsp3) is 0.600. The third-order valence-corrected chi connectivity index (χ3v) is 2.32. The normalized spacial score (nSPS) is 20.8. The van der Waals surface area contributed by atoms with Gasteiger partial charge >= 0.3 is 0 Å². The molecule has 4 nitrogen and oxygen atoms in total. The van der Waals surface area contributed by atoms with Crippen molar-refractivity contribution >= 4 is 11.8 Å². The van der Waals surface area contributed by atoms with Crippen molar-refractivity contribution in [3.63, 3.8) is 0 Å². The lowest BCUT2D eigenvalue weighted by atomic mass is 9.98. The van der Waals surface area contributed by atoms with Crippen LogP contribution in [-0.4, -0.2) is 34.0 Å². The highest BCUT2D eigenvalue weighted by Crippen LogP contribution is 2.19. The van der Waals surface area contributed by atoms with Gasteiger partial charge in [0.25, 0.3) is 11.8 Å². The Bertz CT molecular complexity index is 255. The molecule has 1 rings (SSSR count). The molecule has 0 saturated heterocycles. The van der Waals surface area contributed by atoms with E-state index in [1.807, 2.05) is 13.8 Å². The van der Waals surface area contributed by atoms with Crippen LogP contribution in [0.1, 0.15) is 20.8 Å². The van der Waals surface area contributed by atoms with Gasteiger partial charge in [0, 0.05) is 12.2 Å². The summed E-state index contributed by atoms with van der Waals surface area (Å²) in [4.78, 5) is 23.8. The van der Waals surface area contributed by atoms with Crippen molar-refractivity contribution < 1.29 is 14.7 Å². The lowest BCUT2D eigenvalue weighted by molar-refractivity contribution is -0.143. The number of hydrogen-bond acceptors (Lipinski definition) is 3. The lowest BCUT2D eigenvalue weighted by Crippen LogP contribution is -2.49. The first-order chi connectivity index (χ1) is 6.45. The highest BCUT2D eigenvalue weighted by Gasteiger charge is 2.35. The predicted octanol–water partition coefficient (Wildman–Crippen LogP) is 0.317. The Morgan fingerprint density at radius 2 is 1.57 bits per heavy atom. The number of carbonyl (C=O) groups is 2. The van der Waals surface area contributed by atoms with E-state index in [0.29, 0.717) is 0 Å². The van der Waals surface area contributed by atoms with E-state index in [1.165, 1.54) is 12.2 Å². The van der Waals surface area contributed by atoms with E-state index in [2.05, 4.69) is 0 Å². The molecule has 4 heteroatoms. The fourth-order valence-electron chi connectivity index (χ4n) is 1.78. The molecule has 2 unspecified atom stereocenters. The second-order valence-electron chi connectivity index (χ2n) is 3.86. The number of nitrogens with zero attached hydrogens (tertiary/aromatic N) is 1. The molecule has 0 aliphatic carbocycles. The molecular weight excluding hydrogens is 182 g/mol. The van der Waals surface area contributed by atoms with Gasteiger partial charge in [0.15, 0.2) is 0 Å². The summed E-state index contributed by atoms with van der Waals surface area (Å²) in [7, 11) is 0. The average molecular weight is 197 g/mol. The van der Waals surface area contributed by atoms with Gasteiger partial charge in [-0.2, -0.15) is 0 Å². The first-order valence-corrected chi connectivity index (χ1v) is 4.68. The van der Waals surface area contributed by atoms with Gasteiger partial charge in [-0.05, 0) is 12.8 Å². The first kappa shape index (κ1) is 10.9. The van der Waals surface area contributed by atoms with Crippen LogP contribution in [-0.2, 0) is 9.59 Å². The number of hydrogen-bond donors (Lipinski definition) is 1. The smallest absolute Gasteiger partial charge is 0.253 e. The number of amides is 2. The van der Waals surface area contributed by atoms with Crippen molar-refractivity contribution in [2.75, 3.05) is 0 Å². The monoisotopic (exact) mass is 197 g/mol. The maximum absolute atomic E-state index is 11.3. The van der Waals surface area contributed by atoms with Crippen molar-refractivity contribution in [1.82, 2.24) is 4.90 Å². The van der Waals surface area contributed by atoms with Crippen LogP contribution in [0.25, 0.3) is 0 Å². The second kappa shape index (κ2) is 3.92. The average Bonchev–Trinajstić information content (AvgIpc) is 2.34. The molecule has 14 heavy (non-hydrogen) atoms. The molecule has 0 bridgehead atoms.